The Morgan fingerprint density at radius 2 is 2.19 bits per heavy atom. The highest BCUT2D eigenvalue weighted by Crippen LogP contribution is 2.30. The molecule has 0 spiro atoms. The van der Waals surface area contributed by atoms with Gasteiger partial charge in [0.25, 0.3) is 0 Å². The number of aliphatic hydroxyl groups is 1. The molecule has 1 aromatic carbocycles. The summed E-state index contributed by atoms with van der Waals surface area (Å²) >= 11 is 0. The number of H-pyrrole nitrogens is 1. The lowest BCUT2D eigenvalue weighted by Gasteiger charge is -2.26. The average Bonchev–Trinajstić information content (AvgIpc) is 2.96. The fraction of sp³-hybridized carbons (Fsp3) is 0.467. The second kappa shape index (κ2) is 4.46. The van der Waals surface area contributed by atoms with E-state index in [2.05, 4.69) is 10.1 Å². The van der Waals surface area contributed by atoms with Crippen LogP contribution in [0.3, 0.4) is 0 Å². The highest BCUT2D eigenvalue weighted by Gasteiger charge is 2.24. The van der Waals surface area contributed by atoms with Gasteiger partial charge >= 0.3 is 5.69 Å². The van der Waals surface area contributed by atoms with Gasteiger partial charge in [-0.15, -0.1) is 0 Å². The van der Waals surface area contributed by atoms with Crippen LogP contribution in [0.2, 0.25) is 0 Å². The summed E-state index contributed by atoms with van der Waals surface area (Å²) in [5.74, 6) is 0. The summed E-state index contributed by atoms with van der Waals surface area (Å²) in [6.45, 7) is 0. The summed E-state index contributed by atoms with van der Waals surface area (Å²) < 4.78 is 3.62. The van der Waals surface area contributed by atoms with Crippen molar-refractivity contribution in [2.45, 2.75) is 37.8 Å². The van der Waals surface area contributed by atoms with Crippen molar-refractivity contribution >= 4 is 21.9 Å². The highest BCUT2D eigenvalue weighted by molar-refractivity contribution is 5.93. The maximum Gasteiger partial charge on any atom is 0.326 e. The number of nitrogens with one attached hydrogen (secondary N) is 1. The van der Waals surface area contributed by atoms with Crippen LogP contribution in [0.1, 0.15) is 31.7 Å². The minimum atomic E-state index is -0.305. The van der Waals surface area contributed by atoms with Crippen LogP contribution < -0.4 is 5.69 Å². The van der Waals surface area contributed by atoms with Gasteiger partial charge in [0.15, 0.2) is 0 Å². The van der Waals surface area contributed by atoms with Crippen molar-refractivity contribution in [2.24, 2.45) is 7.05 Å². The number of aromatic amines is 1. The highest BCUT2D eigenvalue weighted by atomic mass is 16.3. The van der Waals surface area contributed by atoms with Gasteiger partial charge in [-0.3, -0.25) is 9.25 Å². The van der Waals surface area contributed by atoms with Crippen molar-refractivity contribution in [3.63, 3.8) is 0 Å². The number of benzene rings is 1. The van der Waals surface area contributed by atoms with Gasteiger partial charge in [-0.1, -0.05) is 0 Å². The van der Waals surface area contributed by atoms with Gasteiger partial charge < -0.3 is 10.1 Å². The van der Waals surface area contributed by atoms with Crippen LogP contribution in [0.5, 0.6) is 0 Å². The van der Waals surface area contributed by atoms with Gasteiger partial charge in [-0.05, 0) is 37.8 Å². The van der Waals surface area contributed by atoms with Gasteiger partial charge in [-0.2, -0.15) is 5.10 Å². The van der Waals surface area contributed by atoms with Gasteiger partial charge in [0, 0.05) is 18.5 Å². The lowest BCUT2D eigenvalue weighted by atomic mass is 9.93. The number of rotatable bonds is 1. The summed E-state index contributed by atoms with van der Waals surface area (Å²) in [5, 5.41) is 15.2. The molecular weight excluding hydrogens is 268 g/mol. The van der Waals surface area contributed by atoms with Gasteiger partial charge in [0.05, 0.1) is 28.9 Å². The second-order valence-electron chi connectivity index (χ2n) is 5.97. The standard InChI is InChI=1S/C15H18N4O2/c1-18-13-7-14-12(5-9(13)8-16-18)17-15(21)19(14)10-3-2-4-11(20)6-10/h5,7-8,10-11,20H,2-4,6H2,1H3,(H,17,21). The number of hydrogen-bond acceptors (Lipinski definition) is 3. The minimum absolute atomic E-state index is 0.0701. The van der Waals surface area contributed by atoms with Crippen LogP contribution in [0, 0.1) is 0 Å². The van der Waals surface area contributed by atoms with E-state index in [1.807, 2.05) is 28.4 Å². The summed E-state index contributed by atoms with van der Waals surface area (Å²) in [4.78, 5) is 15.3. The lowest BCUT2D eigenvalue weighted by molar-refractivity contribution is 0.104. The van der Waals surface area contributed by atoms with Crippen LogP contribution >= 0.6 is 0 Å². The molecule has 1 aliphatic carbocycles. The van der Waals surface area contributed by atoms with Crippen molar-refractivity contribution in [3.05, 3.63) is 28.8 Å². The Labute approximate surface area is 121 Å². The van der Waals surface area contributed by atoms with E-state index in [0.717, 1.165) is 41.2 Å². The molecule has 3 aromatic rings. The van der Waals surface area contributed by atoms with Crippen LogP contribution in [0.4, 0.5) is 0 Å². The molecule has 4 rings (SSSR count). The SMILES string of the molecule is Cn1ncc2cc3[nH]c(=O)n(C4CCCC(O)C4)c3cc21. The number of nitrogens with zero attached hydrogens (tertiary/aromatic N) is 3. The van der Waals surface area contributed by atoms with Crippen molar-refractivity contribution < 1.29 is 5.11 Å². The minimum Gasteiger partial charge on any atom is -0.393 e. The Morgan fingerprint density at radius 3 is 3.00 bits per heavy atom. The maximum absolute atomic E-state index is 12.3. The Morgan fingerprint density at radius 1 is 1.33 bits per heavy atom. The largest absolute Gasteiger partial charge is 0.393 e. The zero-order valence-corrected chi connectivity index (χ0v) is 11.9. The van der Waals surface area contributed by atoms with E-state index in [1.54, 1.807) is 6.20 Å². The fourth-order valence-corrected chi connectivity index (χ4v) is 3.51. The fourth-order valence-electron chi connectivity index (χ4n) is 3.51. The van der Waals surface area contributed by atoms with Crippen molar-refractivity contribution in [1.29, 1.82) is 0 Å². The van der Waals surface area contributed by atoms with E-state index >= 15 is 0 Å². The molecule has 0 aliphatic heterocycles. The van der Waals surface area contributed by atoms with Crippen molar-refractivity contribution in [1.82, 2.24) is 19.3 Å². The molecular formula is C15H18N4O2. The molecule has 0 amide bonds. The van der Waals surface area contributed by atoms with Crippen LogP contribution in [-0.2, 0) is 7.05 Å². The maximum atomic E-state index is 12.3. The molecule has 0 saturated heterocycles. The predicted molar refractivity (Wildman–Crippen MR) is 80.3 cm³/mol. The smallest absolute Gasteiger partial charge is 0.326 e. The van der Waals surface area contributed by atoms with Crippen LogP contribution in [0.15, 0.2) is 23.1 Å². The van der Waals surface area contributed by atoms with Gasteiger partial charge in [-0.25, -0.2) is 4.79 Å². The molecule has 0 radical (unpaired) electrons. The Hall–Kier alpha value is -2.08. The van der Waals surface area contributed by atoms with E-state index in [1.165, 1.54) is 0 Å². The molecule has 2 aromatic heterocycles. The molecule has 2 unspecified atom stereocenters. The number of aromatic nitrogens is 4. The molecule has 110 valence electrons. The van der Waals surface area contributed by atoms with E-state index in [4.69, 9.17) is 0 Å². The zero-order valence-electron chi connectivity index (χ0n) is 11.9. The average molecular weight is 286 g/mol. The number of imidazole rings is 1. The summed E-state index contributed by atoms with van der Waals surface area (Å²) in [6.07, 6.45) is 4.87. The predicted octanol–water partition coefficient (Wildman–Crippen LogP) is 1.69. The Kier molecular flexibility index (Phi) is 2.68. The zero-order chi connectivity index (χ0) is 14.6. The Bertz CT molecular complexity index is 873. The molecule has 2 heterocycles. The first-order chi connectivity index (χ1) is 10.1. The molecule has 1 aliphatic rings. The molecule has 2 N–H and O–H groups in total. The quantitative estimate of drug-likeness (QED) is 0.715. The first-order valence-corrected chi connectivity index (χ1v) is 7.37. The third-order valence-corrected chi connectivity index (χ3v) is 4.57. The van der Waals surface area contributed by atoms with Gasteiger partial charge in [0.2, 0.25) is 0 Å². The van der Waals surface area contributed by atoms with Crippen molar-refractivity contribution in [3.8, 4) is 0 Å². The number of aryl methyl sites for hydroxylation is 1. The molecule has 6 nitrogen and oxygen atoms in total. The number of fused-ring (bicyclic) bond motifs is 2. The molecule has 1 fully saturated rings. The molecule has 6 heteroatoms. The topological polar surface area (TPSA) is 75.8 Å². The van der Waals surface area contributed by atoms with E-state index in [-0.39, 0.29) is 17.8 Å². The van der Waals surface area contributed by atoms with Crippen LogP contribution in [-0.4, -0.2) is 30.5 Å². The monoisotopic (exact) mass is 286 g/mol. The van der Waals surface area contributed by atoms with Crippen LogP contribution in [0.25, 0.3) is 21.9 Å². The first-order valence-electron chi connectivity index (χ1n) is 7.37. The first kappa shape index (κ1) is 12.6. The Balaban J connectivity index is 1.94. The normalized spacial score (nSPS) is 23.1. The summed E-state index contributed by atoms with van der Waals surface area (Å²) in [7, 11) is 1.90. The summed E-state index contributed by atoms with van der Waals surface area (Å²) in [5.41, 5.74) is 2.65. The lowest BCUT2D eigenvalue weighted by Crippen LogP contribution is -2.28. The number of hydrogen-bond donors (Lipinski definition) is 2. The van der Waals surface area contributed by atoms with Gasteiger partial charge in [0.1, 0.15) is 0 Å². The second-order valence-corrected chi connectivity index (χ2v) is 5.97. The third kappa shape index (κ3) is 1.90. The third-order valence-electron chi connectivity index (χ3n) is 4.57. The van der Waals surface area contributed by atoms with Crippen molar-refractivity contribution in [2.75, 3.05) is 0 Å². The molecule has 2 atom stereocenters. The molecule has 21 heavy (non-hydrogen) atoms. The van der Waals surface area contributed by atoms with E-state index in [9.17, 15) is 9.90 Å². The number of aliphatic hydroxyl groups excluding tert-OH is 1. The molecule has 1 saturated carbocycles. The van der Waals surface area contributed by atoms with E-state index in [0.29, 0.717) is 6.42 Å². The summed E-state index contributed by atoms with van der Waals surface area (Å²) in [6, 6.07) is 4.05. The molecule has 0 bridgehead atoms. The van der Waals surface area contributed by atoms with E-state index < -0.39 is 0 Å².